The van der Waals surface area contributed by atoms with Crippen LogP contribution in [0.5, 0.6) is 0 Å². The predicted molar refractivity (Wildman–Crippen MR) is 114 cm³/mol. The Morgan fingerprint density at radius 2 is 1.39 bits per heavy atom. The van der Waals surface area contributed by atoms with Gasteiger partial charge in [-0.3, -0.25) is 14.4 Å². The van der Waals surface area contributed by atoms with Gasteiger partial charge in [0.2, 0.25) is 0 Å². The summed E-state index contributed by atoms with van der Waals surface area (Å²) in [5.74, 6) is -1.87. The van der Waals surface area contributed by atoms with E-state index in [0.717, 1.165) is 11.3 Å². The number of carbonyl (C=O) groups is 3. The van der Waals surface area contributed by atoms with Crippen molar-refractivity contribution in [3.8, 4) is 0 Å². The SMILES string of the molecule is CSCC[C@H](N)C(=O)O.N[C@@H](CS)C(=O)O.N[C@@H](Cc1ccccc1)C(=O)O. The van der Waals surface area contributed by atoms with E-state index in [1.165, 1.54) is 0 Å². The molecule has 9 N–H and O–H groups in total. The molecule has 0 aliphatic heterocycles. The maximum absolute atomic E-state index is 10.4. The smallest absolute Gasteiger partial charge is 0.321 e. The fourth-order valence-corrected chi connectivity index (χ4v) is 2.05. The first-order valence-corrected chi connectivity index (χ1v) is 10.2. The summed E-state index contributed by atoms with van der Waals surface area (Å²) in [6, 6.07) is 7.04. The van der Waals surface area contributed by atoms with Gasteiger partial charge < -0.3 is 32.5 Å². The van der Waals surface area contributed by atoms with Gasteiger partial charge in [-0.1, -0.05) is 30.3 Å². The minimum Gasteiger partial charge on any atom is -0.480 e. The Balaban J connectivity index is 0. The van der Waals surface area contributed by atoms with Crippen molar-refractivity contribution in [2.75, 3.05) is 17.8 Å². The van der Waals surface area contributed by atoms with Crippen molar-refractivity contribution < 1.29 is 29.7 Å². The quantitative estimate of drug-likeness (QED) is 0.262. The van der Waals surface area contributed by atoms with E-state index in [1.54, 1.807) is 11.8 Å². The molecule has 0 saturated heterocycles. The molecule has 3 atom stereocenters. The Morgan fingerprint density at radius 3 is 1.71 bits per heavy atom. The van der Waals surface area contributed by atoms with Gasteiger partial charge in [-0.05, 0) is 30.4 Å². The van der Waals surface area contributed by atoms with Crippen LogP contribution in [-0.2, 0) is 20.8 Å². The highest BCUT2D eigenvalue weighted by Gasteiger charge is 2.11. The van der Waals surface area contributed by atoms with Crippen molar-refractivity contribution >= 4 is 42.3 Å². The lowest BCUT2D eigenvalue weighted by molar-refractivity contribution is -0.139. The van der Waals surface area contributed by atoms with Crippen molar-refractivity contribution in [1.29, 1.82) is 0 Å². The van der Waals surface area contributed by atoms with Crippen LogP contribution in [0.3, 0.4) is 0 Å². The molecule has 0 heterocycles. The van der Waals surface area contributed by atoms with Crippen molar-refractivity contribution in [2.24, 2.45) is 17.2 Å². The summed E-state index contributed by atoms with van der Waals surface area (Å²) in [4.78, 5) is 30.2. The molecule has 0 radical (unpaired) electrons. The van der Waals surface area contributed by atoms with Crippen molar-refractivity contribution in [3.63, 3.8) is 0 Å². The van der Waals surface area contributed by atoms with Crippen LogP contribution in [0.25, 0.3) is 0 Å². The van der Waals surface area contributed by atoms with Crippen LogP contribution in [0, 0.1) is 0 Å². The van der Waals surface area contributed by atoms with Crippen LogP contribution >= 0.6 is 24.4 Å². The van der Waals surface area contributed by atoms with E-state index in [-0.39, 0.29) is 5.75 Å². The Bertz CT molecular complexity index is 577. The van der Waals surface area contributed by atoms with Gasteiger partial charge in [-0.15, -0.1) is 0 Å². The molecule has 160 valence electrons. The van der Waals surface area contributed by atoms with Crippen molar-refractivity contribution in [3.05, 3.63) is 35.9 Å². The molecular weight excluding hydrogens is 406 g/mol. The number of hydrogen-bond acceptors (Lipinski definition) is 8. The Kier molecular flexibility index (Phi) is 17.6. The average Bonchev–Trinajstić information content (AvgIpc) is 2.66. The normalized spacial score (nSPS) is 12.9. The highest BCUT2D eigenvalue weighted by Crippen LogP contribution is 2.01. The minimum absolute atomic E-state index is 0.190. The second-order valence-corrected chi connectivity index (χ2v) is 6.84. The van der Waals surface area contributed by atoms with Crippen LogP contribution in [-0.4, -0.2) is 69.1 Å². The first kappa shape index (κ1) is 28.4. The van der Waals surface area contributed by atoms with E-state index < -0.39 is 36.0 Å². The molecule has 0 unspecified atom stereocenters. The van der Waals surface area contributed by atoms with Gasteiger partial charge in [-0.25, -0.2) is 0 Å². The second-order valence-electron chi connectivity index (χ2n) is 5.49. The molecule has 1 rings (SSSR count). The Labute approximate surface area is 174 Å². The summed E-state index contributed by atoms with van der Waals surface area (Å²) in [5.41, 5.74) is 16.4. The van der Waals surface area contributed by atoms with Gasteiger partial charge >= 0.3 is 17.9 Å². The van der Waals surface area contributed by atoms with Crippen LogP contribution in [0.4, 0.5) is 0 Å². The number of hydrogen-bond donors (Lipinski definition) is 7. The molecule has 0 amide bonds. The molecule has 0 bridgehead atoms. The Hall–Kier alpha value is -1.79. The zero-order chi connectivity index (χ0) is 22.1. The lowest BCUT2D eigenvalue weighted by Crippen LogP contribution is -2.32. The second kappa shape index (κ2) is 17.3. The van der Waals surface area contributed by atoms with E-state index >= 15 is 0 Å². The lowest BCUT2D eigenvalue weighted by atomic mass is 10.1. The number of benzene rings is 1. The number of rotatable bonds is 9. The first-order chi connectivity index (χ1) is 13.1. The highest BCUT2D eigenvalue weighted by atomic mass is 32.2. The van der Waals surface area contributed by atoms with Crippen LogP contribution < -0.4 is 17.2 Å². The molecule has 1 aromatic rings. The van der Waals surface area contributed by atoms with Gasteiger partial charge in [0.1, 0.15) is 18.1 Å². The molecule has 0 spiro atoms. The molecule has 0 saturated carbocycles. The number of carboxylic acid groups (broad SMARTS) is 3. The number of aliphatic carboxylic acids is 3. The number of nitrogens with two attached hydrogens (primary N) is 3. The van der Waals surface area contributed by atoms with Gasteiger partial charge in [0.25, 0.3) is 0 Å². The number of carboxylic acids is 3. The molecule has 0 fully saturated rings. The largest absolute Gasteiger partial charge is 0.480 e. The summed E-state index contributed by atoms with van der Waals surface area (Å²) in [7, 11) is 0. The molecule has 28 heavy (non-hydrogen) atoms. The van der Waals surface area contributed by atoms with Gasteiger partial charge in [0, 0.05) is 5.75 Å². The third-order valence-corrected chi connectivity index (χ3v) is 4.12. The zero-order valence-corrected chi connectivity index (χ0v) is 17.3. The van der Waals surface area contributed by atoms with E-state index in [2.05, 4.69) is 12.6 Å². The average molecular weight is 436 g/mol. The third-order valence-electron chi connectivity index (χ3n) is 3.08. The summed E-state index contributed by atoms with van der Waals surface area (Å²) < 4.78 is 0. The number of thioether (sulfide) groups is 1. The van der Waals surface area contributed by atoms with Gasteiger partial charge in [0.05, 0.1) is 0 Å². The monoisotopic (exact) mass is 435 g/mol. The van der Waals surface area contributed by atoms with E-state index in [4.69, 9.17) is 32.5 Å². The predicted octanol–water partition coefficient (Wildman–Crippen LogP) is 0.121. The lowest BCUT2D eigenvalue weighted by Gasteiger charge is -2.04. The molecule has 9 nitrogen and oxygen atoms in total. The van der Waals surface area contributed by atoms with Crippen LogP contribution in [0.2, 0.25) is 0 Å². The van der Waals surface area contributed by atoms with Gasteiger partial charge in [0.15, 0.2) is 0 Å². The molecule has 11 heteroatoms. The summed E-state index contributed by atoms with van der Waals surface area (Å²) in [5, 5.41) is 24.8. The summed E-state index contributed by atoms with van der Waals surface area (Å²) in [6.07, 6.45) is 2.86. The Morgan fingerprint density at radius 1 is 0.929 bits per heavy atom. The van der Waals surface area contributed by atoms with E-state index in [0.29, 0.717) is 12.8 Å². The molecule has 0 aromatic heterocycles. The summed E-state index contributed by atoms with van der Waals surface area (Å²) >= 11 is 5.25. The van der Waals surface area contributed by atoms with E-state index in [1.807, 2.05) is 36.6 Å². The van der Waals surface area contributed by atoms with Crippen molar-refractivity contribution in [1.82, 2.24) is 0 Å². The molecule has 0 aliphatic rings. The fourth-order valence-electron chi connectivity index (χ4n) is 1.40. The van der Waals surface area contributed by atoms with E-state index in [9.17, 15) is 14.4 Å². The maximum atomic E-state index is 10.4. The third kappa shape index (κ3) is 16.4. The maximum Gasteiger partial charge on any atom is 0.321 e. The first-order valence-electron chi connectivity index (χ1n) is 8.15. The summed E-state index contributed by atoms with van der Waals surface area (Å²) in [6.45, 7) is 0. The molecular formula is C17H29N3O6S2. The fraction of sp³-hybridized carbons (Fsp3) is 0.471. The van der Waals surface area contributed by atoms with Gasteiger partial charge in [-0.2, -0.15) is 24.4 Å². The van der Waals surface area contributed by atoms with Crippen LogP contribution in [0.1, 0.15) is 12.0 Å². The zero-order valence-electron chi connectivity index (χ0n) is 15.6. The van der Waals surface area contributed by atoms with Crippen LogP contribution in [0.15, 0.2) is 30.3 Å². The number of thiol groups is 1. The standard InChI is InChI=1S/C9H11NO2.C5H11NO2S.C3H7NO2S/c10-8(9(11)12)6-7-4-2-1-3-5-7;1-9-3-2-4(6)5(7)8;4-2(1-7)3(5)6/h1-5,8H,6,10H2,(H,11,12);4H,2-3,6H2,1H3,(H,7,8);2,7H,1,4H2,(H,5,6)/t8-;4-;2-/m000/s1. The minimum atomic E-state index is -1.00. The molecule has 1 aromatic carbocycles. The molecule has 0 aliphatic carbocycles. The van der Waals surface area contributed by atoms with Crippen molar-refractivity contribution in [2.45, 2.75) is 31.0 Å². The highest BCUT2D eigenvalue weighted by molar-refractivity contribution is 7.98. The topological polar surface area (TPSA) is 190 Å².